The minimum atomic E-state index is -0.702. The maximum Gasteiger partial charge on any atom is 0.350 e. The lowest BCUT2D eigenvalue weighted by Crippen LogP contribution is -2.32. The summed E-state index contributed by atoms with van der Waals surface area (Å²) >= 11 is 0. The van der Waals surface area contributed by atoms with Crippen LogP contribution in [0.5, 0.6) is 5.75 Å². The van der Waals surface area contributed by atoms with Crippen LogP contribution in [0.2, 0.25) is 0 Å². The van der Waals surface area contributed by atoms with Gasteiger partial charge in [-0.1, -0.05) is 0 Å². The second kappa shape index (κ2) is 6.50. The highest BCUT2D eigenvalue weighted by Crippen LogP contribution is 2.24. The monoisotopic (exact) mass is 379 g/mol. The second-order valence-corrected chi connectivity index (χ2v) is 5.93. The molecule has 0 atom stereocenters. The normalized spacial score (nSPS) is 11.5. The molecule has 10 nitrogen and oxygen atoms in total. The van der Waals surface area contributed by atoms with Crippen LogP contribution in [-0.4, -0.2) is 32.9 Å². The number of rotatable bonds is 4. The molecule has 10 heteroatoms. The first-order valence-electron chi connectivity index (χ1n) is 8.11. The van der Waals surface area contributed by atoms with Crippen LogP contribution in [0.4, 0.5) is 5.69 Å². The first-order valence-corrected chi connectivity index (χ1v) is 8.11. The molecule has 2 N–H and O–H groups in total. The van der Waals surface area contributed by atoms with E-state index in [0.29, 0.717) is 32.4 Å². The zero-order chi connectivity index (χ0) is 19.8. The maximum atomic E-state index is 12.7. The van der Waals surface area contributed by atoms with E-state index in [1.165, 1.54) is 37.6 Å². The number of hydrogen-bond acceptors (Lipinski definition) is 6. The molecule has 0 spiro atoms. The molecule has 140 valence electrons. The Morgan fingerprint density at radius 1 is 1.11 bits per heavy atom. The molecule has 0 radical (unpaired) electrons. The third-order valence-corrected chi connectivity index (χ3v) is 4.26. The number of non-ortho nitro benzene ring substituents is 1. The fraction of sp³-hybridized carbons (Fsp3) is 0.0556. The Bertz CT molecular complexity index is 1360. The summed E-state index contributed by atoms with van der Waals surface area (Å²) in [6, 6.07) is 10.7. The Hall–Kier alpha value is -4.21. The number of aromatic amines is 2. The average Bonchev–Trinajstić information content (AvgIpc) is 3.06. The minimum Gasteiger partial charge on any atom is -0.497 e. The van der Waals surface area contributed by atoms with E-state index >= 15 is 0 Å². The largest absolute Gasteiger partial charge is 0.497 e. The van der Waals surface area contributed by atoms with E-state index in [1.807, 2.05) is 0 Å². The van der Waals surface area contributed by atoms with E-state index < -0.39 is 16.2 Å². The van der Waals surface area contributed by atoms with Crippen LogP contribution >= 0.6 is 0 Å². The molecule has 28 heavy (non-hydrogen) atoms. The first-order chi connectivity index (χ1) is 13.5. The zero-order valence-corrected chi connectivity index (χ0v) is 14.5. The molecular weight excluding hydrogens is 366 g/mol. The summed E-state index contributed by atoms with van der Waals surface area (Å²) in [6.07, 6.45) is 1.28. The van der Waals surface area contributed by atoms with Gasteiger partial charge in [0.15, 0.2) is 0 Å². The number of benzene rings is 2. The number of fused-ring (bicyclic) bond motifs is 3. The zero-order valence-electron chi connectivity index (χ0n) is 14.5. The van der Waals surface area contributed by atoms with Crippen molar-refractivity contribution in [1.82, 2.24) is 14.6 Å². The van der Waals surface area contributed by atoms with Crippen LogP contribution in [0.1, 0.15) is 5.56 Å². The molecule has 0 fully saturated rings. The van der Waals surface area contributed by atoms with E-state index in [2.05, 4.69) is 15.1 Å². The first kappa shape index (κ1) is 17.2. The van der Waals surface area contributed by atoms with Crippen molar-refractivity contribution in [2.75, 3.05) is 7.11 Å². The summed E-state index contributed by atoms with van der Waals surface area (Å²) in [5.41, 5.74) is 0.331. The van der Waals surface area contributed by atoms with Gasteiger partial charge in [0.2, 0.25) is 0 Å². The average molecular weight is 379 g/mol. The van der Waals surface area contributed by atoms with Gasteiger partial charge in [-0.15, -0.1) is 4.68 Å². The lowest BCUT2D eigenvalue weighted by molar-refractivity contribution is -0.384. The number of nitro groups is 1. The number of H-pyrrole nitrogens is 2. The molecule has 4 aromatic rings. The lowest BCUT2D eigenvalue weighted by Gasteiger charge is -1.99. The van der Waals surface area contributed by atoms with Crippen LogP contribution < -0.4 is 16.0 Å². The predicted molar refractivity (Wildman–Crippen MR) is 103 cm³/mol. The van der Waals surface area contributed by atoms with E-state index in [-0.39, 0.29) is 11.2 Å². The standard InChI is InChI=1S/C18H13N5O5/c1-28-12-6-7-13-14(8-12)20-16-15(13)21-18(25)22(17(16)24)19-9-10-2-4-11(5-3-10)23(26)27/h2-9,20H,1H3,(H,21,25)/b19-9+. The van der Waals surface area contributed by atoms with Crippen LogP contribution in [-0.2, 0) is 0 Å². The number of nitro benzene ring substituents is 1. The van der Waals surface area contributed by atoms with E-state index in [4.69, 9.17) is 4.74 Å². The molecule has 0 aliphatic carbocycles. The van der Waals surface area contributed by atoms with Crippen LogP contribution in [0.25, 0.3) is 21.9 Å². The quantitative estimate of drug-likeness (QED) is 0.317. The topological polar surface area (TPSA) is 135 Å². The number of aromatic nitrogens is 3. The van der Waals surface area contributed by atoms with Gasteiger partial charge in [-0.2, -0.15) is 5.10 Å². The van der Waals surface area contributed by atoms with Crippen molar-refractivity contribution < 1.29 is 9.66 Å². The Kier molecular flexibility index (Phi) is 4.00. The molecule has 0 bridgehead atoms. The van der Waals surface area contributed by atoms with Crippen LogP contribution in [0.3, 0.4) is 0 Å². The summed E-state index contributed by atoms with van der Waals surface area (Å²) in [5, 5.41) is 15.3. The highest BCUT2D eigenvalue weighted by molar-refractivity contribution is 6.04. The van der Waals surface area contributed by atoms with Crippen LogP contribution in [0.15, 0.2) is 57.2 Å². The van der Waals surface area contributed by atoms with Gasteiger partial charge in [-0.05, 0) is 29.8 Å². The molecule has 0 unspecified atom stereocenters. The molecule has 4 rings (SSSR count). The van der Waals surface area contributed by atoms with Crippen molar-refractivity contribution >= 4 is 33.8 Å². The van der Waals surface area contributed by atoms with Crippen molar-refractivity contribution in [3.05, 3.63) is 79.0 Å². The van der Waals surface area contributed by atoms with Gasteiger partial charge in [0.05, 0.1) is 29.3 Å². The fourth-order valence-electron chi connectivity index (χ4n) is 2.86. The Labute approximate surface area is 155 Å². The molecule has 0 saturated heterocycles. The SMILES string of the molecule is COc1ccc2c(c1)[nH]c1c(=O)n(/N=C/c3ccc([N+](=O)[O-])cc3)c(=O)[nH]c12. The molecule has 0 saturated carbocycles. The van der Waals surface area contributed by atoms with Crippen molar-refractivity contribution in [3.8, 4) is 5.75 Å². The van der Waals surface area contributed by atoms with Crippen LogP contribution in [0, 0.1) is 10.1 Å². The molecule has 0 amide bonds. The smallest absolute Gasteiger partial charge is 0.350 e. The highest BCUT2D eigenvalue weighted by atomic mass is 16.6. The Morgan fingerprint density at radius 2 is 1.86 bits per heavy atom. The third-order valence-electron chi connectivity index (χ3n) is 4.26. The Morgan fingerprint density at radius 3 is 2.54 bits per heavy atom. The third kappa shape index (κ3) is 2.82. The summed E-state index contributed by atoms with van der Waals surface area (Å²) in [6.45, 7) is 0. The predicted octanol–water partition coefficient (Wildman–Crippen LogP) is 1.97. The van der Waals surface area contributed by atoms with Gasteiger partial charge >= 0.3 is 11.2 Å². The molecule has 2 heterocycles. The summed E-state index contributed by atoms with van der Waals surface area (Å²) in [5.74, 6) is 0.609. The number of hydrogen-bond donors (Lipinski definition) is 2. The fourth-order valence-corrected chi connectivity index (χ4v) is 2.86. The van der Waals surface area contributed by atoms with Gasteiger partial charge < -0.3 is 14.7 Å². The van der Waals surface area contributed by atoms with E-state index in [0.717, 1.165) is 0 Å². The number of nitrogens with one attached hydrogen (secondary N) is 2. The molecular formula is C18H13N5O5. The lowest BCUT2D eigenvalue weighted by atomic mass is 10.2. The Balaban J connectivity index is 1.81. The highest BCUT2D eigenvalue weighted by Gasteiger charge is 2.13. The van der Waals surface area contributed by atoms with Gasteiger partial charge in [0, 0.05) is 23.6 Å². The molecule has 2 aromatic heterocycles. The number of methoxy groups -OCH3 is 1. The summed E-state index contributed by atoms with van der Waals surface area (Å²) in [4.78, 5) is 40.9. The van der Waals surface area contributed by atoms with Gasteiger partial charge in [-0.25, -0.2) is 4.79 Å². The molecule has 0 aliphatic rings. The number of ether oxygens (including phenoxy) is 1. The summed E-state index contributed by atoms with van der Waals surface area (Å²) in [7, 11) is 1.53. The van der Waals surface area contributed by atoms with Crippen molar-refractivity contribution in [2.24, 2.45) is 5.10 Å². The van der Waals surface area contributed by atoms with Crippen molar-refractivity contribution in [2.45, 2.75) is 0 Å². The van der Waals surface area contributed by atoms with Crippen molar-refractivity contribution in [3.63, 3.8) is 0 Å². The van der Waals surface area contributed by atoms with Gasteiger partial charge in [-0.3, -0.25) is 14.9 Å². The second-order valence-electron chi connectivity index (χ2n) is 5.93. The van der Waals surface area contributed by atoms with Crippen molar-refractivity contribution in [1.29, 1.82) is 0 Å². The van der Waals surface area contributed by atoms with Gasteiger partial charge in [0.25, 0.3) is 5.69 Å². The van der Waals surface area contributed by atoms with Gasteiger partial charge in [0.1, 0.15) is 11.3 Å². The van der Waals surface area contributed by atoms with E-state index in [1.54, 1.807) is 18.2 Å². The molecule has 0 aliphatic heterocycles. The maximum absolute atomic E-state index is 12.7. The number of nitrogens with zero attached hydrogens (tertiary/aromatic N) is 3. The molecule has 2 aromatic carbocycles. The minimum absolute atomic E-state index is 0.0675. The summed E-state index contributed by atoms with van der Waals surface area (Å²) < 4.78 is 5.86. The van der Waals surface area contributed by atoms with E-state index in [9.17, 15) is 19.7 Å².